The minimum absolute atomic E-state index is 0.0136. The van der Waals surface area contributed by atoms with Crippen molar-refractivity contribution in [1.82, 2.24) is 25.3 Å². The summed E-state index contributed by atoms with van der Waals surface area (Å²) in [6, 6.07) is 12.2. The number of alkyl halides is 3. The predicted octanol–water partition coefficient (Wildman–Crippen LogP) is 5.53. The molecule has 1 saturated heterocycles. The second-order valence-corrected chi connectivity index (χ2v) is 10.3. The molecule has 1 aliphatic rings. The molecule has 2 amide bonds. The number of aromatic amines is 1. The van der Waals surface area contributed by atoms with Crippen LogP contribution in [0, 0.1) is 6.92 Å². The maximum Gasteiger partial charge on any atom is 0.398 e. The molecular formula is C27H26F3N5O3S. The normalized spacial score (nSPS) is 15.3. The van der Waals surface area contributed by atoms with E-state index in [-0.39, 0.29) is 23.2 Å². The van der Waals surface area contributed by atoms with Crippen LogP contribution in [0.5, 0.6) is 0 Å². The van der Waals surface area contributed by atoms with Crippen molar-refractivity contribution in [3.05, 3.63) is 81.8 Å². The maximum absolute atomic E-state index is 13.5. The fourth-order valence-electron chi connectivity index (χ4n) is 4.73. The maximum atomic E-state index is 13.5. The number of aromatic nitrogens is 3. The molecule has 0 aliphatic carbocycles. The Morgan fingerprint density at radius 3 is 2.59 bits per heavy atom. The van der Waals surface area contributed by atoms with E-state index in [0.29, 0.717) is 42.9 Å². The second-order valence-electron chi connectivity index (χ2n) is 9.40. The Balaban J connectivity index is 1.19. The van der Waals surface area contributed by atoms with Gasteiger partial charge in [-0.05, 0) is 31.9 Å². The number of hydrogen-bond acceptors (Lipinski definition) is 6. The number of carbonyl (C=O) groups excluding carboxylic acids is 2. The average Bonchev–Trinajstić information content (AvgIpc) is 3.70. The highest BCUT2D eigenvalue weighted by Gasteiger charge is 2.41. The zero-order valence-corrected chi connectivity index (χ0v) is 21.8. The van der Waals surface area contributed by atoms with Crippen molar-refractivity contribution >= 4 is 23.2 Å². The van der Waals surface area contributed by atoms with Crippen LogP contribution in [0.25, 0.3) is 11.3 Å². The monoisotopic (exact) mass is 557 g/mol. The minimum atomic E-state index is -4.51. The van der Waals surface area contributed by atoms with E-state index in [1.165, 1.54) is 29.7 Å². The van der Waals surface area contributed by atoms with Crippen LogP contribution in [0.3, 0.4) is 0 Å². The number of aryl methyl sites for hydroxylation is 1. The molecule has 1 aromatic carbocycles. The van der Waals surface area contributed by atoms with Gasteiger partial charge in [0.1, 0.15) is 28.6 Å². The highest BCUT2D eigenvalue weighted by molar-refractivity contribution is 7.09. The van der Waals surface area contributed by atoms with Crippen molar-refractivity contribution in [2.24, 2.45) is 0 Å². The third kappa shape index (κ3) is 5.75. The number of carbonyl (C=O) groups is 2. The highest BCUT2D eigenvalue weighted by Crippen LogP contribution is 2.35. The minimum Gasteiger partial charge on any atom is -0.364 e. The Bertz CT molecular complexity index is 1420. The lowest BCUT2D eigenvalue weighted by Crippen LogP contribution is -2.38. The summed E-state index contributed by atoms with van der Waals surface area (Å²) in [7, 11) is 0. The molecule has 1 atom stereocenters. The van der Waals surface area contributed by atoms with Crippen molar-refractivity contribution in [3.8, 4) is 11.3 Å². The van der Waals surface area contributed by atoms with E-state index in [2.05, 4.69) is 20.4 Å². The van der Waals surface area contributed by atoms with Crippen molar-refractivity contribution in [2.75, 3.05) is 19.6 Å². The Kier molecular flexibility index (Phi) is 7.56. The molecule has 1 fully saturated rings. The number of hydrogen-bond donors (Lipinski definition) is 2. The molecule has 4 heterocycles. The molecule has 0 saturated carbocycles. The summed E-state index contributed by atoms with van der Waals surface area (Å²) in [6.07, 6.45) is -1.80. The van der Waals surface area contributed by atoms with Crippen LogP contribution in [-0.4, -0.2) is 57.6 Å². The van der Waals surface area contributed by atoms with E-state index in [1.54, 1.807) is 17.2 Å². The van der Waals surface area contributed by atoms with Crippen LogP contribution in [0.1, 0.15) is 62.0 Å². The number of halogens is 3. The van der Waals surface area contributed by atoms with Gasteiger partial charge in [0.15, 0.2) is 0 Å². The zero-order valence-electron chi connectivity index (χ0n) is 21.0. The van der Waals surface area contributed by atoms with Gasteiger partial charge in [-0.1, -0.05) is 35.5 Å². The smallest absolute Gasteiger partial charge is 0.364 e. The van der Waals surface area contributed by atoms with Gasteiger partial charge in [-0.3, -0.25) is 9.59 Å². The summed E-state index contributed by atoms with van der Waals surface area (Å²) >= 11 is 1.30. The molecule has 39 heavy (non-hydrogen) atoms. The van der Waals surface area contributed by atoms with Gasteiger partial charge in [0.25, 0.3) is 11.8 Å². The number of rotatable bonds is 7. The first-order valence-corrected chi connectivity index (χ1v) is 13.3. The van der Waals surface area contributed by atoms with Crippen molar-refractivity contribution < 1.29 is 27.3 Å². The lowest BCUT2D eigenvalue weighted by atomic mass is 9.96. The first-order chi connectivity index (χ1) is 18.7. The van der Waals surface area contributed by atoms with Gasteiger partial charge in [0.2, 0.25) is 0 Å². The molecule has 12 heteroatoms. The largest absolute Gasteiger partial charge is 0.398 e. The van der Waals surface area contributed by atoms with E-state index < -0.39 is 24.5 Å². The number of H-pyrrole nitrogens is 1. The second kappa shape index (κ2) is 11.0. The van der Waals surface area contributed by atoms with E-state index >= 15 is 0 Å². The van der Waals surface area contributed by atoms with Crippen LogP contribution in [-0.2, 0) is 0 Å². The number of nitrogens with one attached hydrogen (secondary N) is 2. The van der Waals surface area contributed by atoms with E-state index in [4.69, 9.17) is 4.52 Å². The molecular weight excluding hydrogens is 531 g/mol. The molecule has 5 rings (SSSR count). The fourth-order valence-corrected chi connectivity index (χ4v) is 5.70. The summed E-state index contributed by atoms with van der Waals surface area (Å²) in [5, 5.41) is 8.77. The van der Waals surface area contributed by atoms with Gasteiger partial charge in [-0.2, -0.15) is 13.2 Å². The van der Waals surface area contributed by atoms with Crippen LogP contribution in [0.15, 0.2) is 58.6 Å². The number of piperidine rings is 1. The van der Waals surface area contributed by atoms with Crippen LogP contribution >= 0.6 is 11.3 Å². The van der Waals surface area contributed by atoms with Gasteiger partial charge < -0.3 is 19.7 Å². The molecule has 4 aromatic rings. The summed E-state index contributed by atoms with van der Waals surface area (Å²) < 4.78 is 45.8. The third-order valence-electron chi connectivity index (χ3n) is 6.87. The first-order valence-electron chi connectivity index (χ1n) is 12.5. The van der Waals surface area contributed by atoms with Crippen molar-refractivity contribution in [2.45, 2.75) is 37.8 Å². The van der Waals surface area contributed by atoms with Crippen LogP contribution < -0.4 is 5.32 Å². The van der Waals surface area contributed by atoms with Crippen molar-refractivity contribution in [3.63, 3.8) is 0 Å². The standard InChI is InChI=1S/C27H26F3N5O3S/c1-16-22(23(34-38-16)17-6-3-2-4-7-17)26(37)35-12-9-18(10-13-35)25-33-21(15-39-25)24(36)32-14-19(27(28,29)30)20-8-5-11-31-20/h2-8,11,15,18-19,31H,9-10,12-14H2,1H3,(H,32,36). The number of nitrogens with zero attached hydrogens (tertiary/aromatic N) is 3. The molecule has 0 bridgehead atoms. The number of thiazole rings is 1. The first kappa shape index (κ1) is 26.7. The van der Waals surface area contributed by atoms with Gasteiger partial charge in [0, 0.05) is 48.4 Å². The average molecular weight is 558 g/mol. The quantitative estimate of drug-likeness (QED) is 0.311. The molecule has 1 unspecified atom stereocenters. The third-order valence-corrected chi connectivity index (χ3v) is 7.88. The topological polar surface area (TPSA) is 104 Å². The van der Waals surface area contributed by atoms with E-state index in [0.717, 1.165) is 10.6 Å². The SMILES string of the molecule is Cc1onc(-c2ccccc2)c1C(=O)N1CCC(c2nc(C(=O)NCC(c3ccc[nH]3)C(F)(F)F)cs2)CC1. The van der Waals surface area contributed by atoms with Gasteiger partial charge in [0.05, 0.1) is 5.01 Å². The predicted molar refractivity (Wildman–Crippen MR) is 139 cm³/mol. The number of amides is 2. The Morgan fingerprint density at radius 2 is 1.92 bits per heavy atom. The molecule has 3 aromatic heterocycles. The summed E-state index contributed by atoms with van der Waals surface area (Å²) in [5.74, 6) is -2.14. The molecule has 0 radical (unpaired) electrons. The highest BCUT2D eigenvalue weighted by atomic mass is 32.1. The molecule has 1 aliphatic heterocycles. The Morgan fingerprint density at radius 1 is 1.18 bits per heavy atom. The zero-order chi connectivity index (χ0) is 27.6. The van der Waals surface area contributed by atoms with Crippen molar-refractivity contribution in [1.29, 1.82) is 0 Å². The van der Waals surface area contributed by atoms with Gasteiger partial charge >= 0.3 is 6.18 Å². The fraction of sp³-hybridized carbons (Fsp3) is 0.333. The van der Waals surface area contributed by atoms with E-state index in [9.17, 15) is 22.8 Å². The summed E-state index contributed by atoms with van der Waals surface area (Å²) in [5.41, 5.74) is 1.84. The lowest BCUT2D eigenvalue weighted by Gasteiger charge is -2.31. The Labute approximate surface area is 226 Å². The summed E-state index contributed by atoms with van der Waals surface area (Å²) in [4.78, 5) is 34.7. The van der Waals surface area contributed by atoms with Crippen LogP contribution in [0.2, 0.25) is 0 Å². The molecule has 204 valence electrons. The molecule has 2 N–H and O–H groups in total. The number of likely N-dealkylation sites (tertiary alicyclic amines) is 1. The lowest BCUT2D eigenvalue weighted by molar-refractivity contribution is -0.149. The molecule has 0 spiro atoms. The summed E-state index contributed by atoms with van der Waals surface area (Å²) in [6.45, 7) is 2.11. The van der Waals surface area contributed by atoms with Gasteiger partial charge in [-0.15, -0.1) is 11.3 Å². The molecule has 8 nitrogen and oxygen atoms in total. The van der Waals surface area contributed by atoms with Gasteiger partial charge in [-0.25, -0.2) is 4.98 Å². The van der Waals surface area contributed by atoms with E-state index in [1.807, 2.05) is 30.3 Å². The number of benzene rings is 1. The van der Waals surface area contributed by atoms with Crippen LogP contribution in [0.4, 0.5) is 13.2 Å². The Hall–Kier alpha value is -3.93.